The van der Waals surface area contributed by atoms with E-state index in [9.17, 15) is 9.90 Å². The third kappa shape index (κ3) is 4.13. The van der Waals surface area contributed by atoms with Crippen LogP contribution in [0.4, 0.5) is 0 Å². The van der Waals surface area contributed by atoms with Crippen molar-refractivity contribution in [1.82, 2.24) is 9.80 Å². The lowest BCUT2D eigenvalue weighted by Gasteiger charge is -2.50. The van der Waals surface area contributed by atoms with Gasteiger partial charge >= 0.3 is 0 Å². The quantitative estimate of drug-likeness (QED) is 0.886. The van der Waals surface area contributed by atoms with Crippen LogP contribution in [0.3, 0.4) is 0 Å². The highest BCUT2D eigenvalue weighted by atomic mass is 32.2. The maximum Gasteiger partial charge on any atom is 0.223 e. The highest BCUT2D eigenvalue weighted by Gasteiger charge is 2.45. The van der Waals surface area contributed by atoms with Crippen molar-refractivity contribution in [3.8, 4) is 0 Å². The summed E-state index contributed by atoms with van der Waals surface area (Å²) in [5.41, 5.74) is 0.732. The molecule has 132 valence electrons. The molecule has 2 fully saturated rings. The molecule has 2 aliphatic heterocycles. The fraction of sp³-hybridized carbons (Fsp3) is 0.632. The molecule has 1 N–H and O–H groups in total. The summed E-state index contributed by atoms with van der Waals surface area (Å²) in [6.07, 6.45) is 4.18. The zero-order valence-electron chi connectivity index (χ0n) is 14.5. The van der Waals surface area contributed by atoms with E-state index in [1.54, 1.807) is 11.8 Å². The Morgan fingerprint density at radius 2 is 2.00 bits per heavy atom. The minimum absolute atomic E-state index is 0.168. The van der Waals surface area contributed by atoms with Crippen LogP contribution in [0, 0.1) is 5.92 Å². The van der Waals surface area contributed by atoms with E-state index in [4.69, 9.17) is 0 Å². The molecule has 0 saturated carbocycles. The molecule has 3 rings (SSSR count). The standard InChI is InChI=1S/C19H28N2O2S/c1-24-12-7-18(22)21-11-9-19(23)8-10-20(14-17(19)15-21)13-16-5-3-2-4-6-16/h2-6,17,23H,7-15H2,1H3/t17-,19-/m0/s1. The van der Waals surface area contributed by atoms with Crippen LogP contribution in [0.5, 0.6) is 0 Å². The van der Waals surface area contributed by atoms with Gasteiger partial charge in [-0.1, -0.05) is 30.3 Å². The fourth-order valence-corrected chi connectivity index (χ4v) is 4.31. The summed E-state index contributed by atoms with van der Waals surface area (Å²) in [5, 5.41) is 11.0. The van der Waals surface area contributed by atoms with Gasteiger partial charge < -0.3 is 10.0 Å². The Morgan fingerprint density at radius 3 is 2.75 bits per heavy atom. The zero-order valence-corrected chi connectivity index (χ0v) is 15.3. The Hall–Kier alpha value is -1.04. The lowest BCUT2D eigenvalue weighted by atomic mass is 9.75. The molecule has 24 heavy (non-hydrogen) atoms. The Labute approximate surface area is 149 Å². The Morgan fingerprint density at radius 1 is 1.25 bits per heavy atom. The van der Waals surface area contributed by atoms with Crippen molar-refractivity contribution in [1.29, 1.82) is 0 Å². The number of hydrogen-bond acceptors (Lipinski definition) is 4. The zero-order chi connectivity index (χ0) is 17.0. The average molecular weight is 349 g/mol. The van der Waals surface area contributed by atoms with E-state index < -0.39 is 5.60 Å². The lowest BCUT2D eigenvalue weighted by Crippen LogP contribution is -2.60. The predicted molar refractivity (Wildman–Crippen MR) is 99.0 cm³/mol. The first-order chi connectivity index (χ1) is 11.6. The predicted octanol–water partition coefficient (Wildman–Crippen LogP) is 2.22. The maximum atomic E-state index is 12.3. The van der Waals surface area contributed by atoms with E-state index in [0.29, 0.717) is 19.5 Å². The normalized spacial score (nSPS) is 27.8. The molecule has 0 aromatic heterocycles. The Balaban J connectivity index is 1.60. The van der Waals surface area contributed by atoms with Gasteiger partial charge in [-0.25, -0.2) is 0 Å². The number of benzene rings is 1. The molecule has 2 aliphatic rings. The van der Waals surface area contributed by atoms with Crippen LogP contribution in [-0.2, 0) is 11.3 Å². The number of piperidine rings is 2. The number of carbonyl (C=O) groups excluding carboxylic acids is 1. The second-order valence-electron chi connectivity index (χ2n) is 7.10. The molecular weight excluding hydrogens is 320 g/mol. The molecular formula is C19H28N2O2S. The van der Waals surface area contributed by atoms with Gasteiger partial charge in [0.15, 0.2) is 0 Å². The van der Waals surface area contributed by atoms with Gasteiger partial charge in [0.2, 0.25) is 5.91 Å². The molecule has 1 aromatic carbocycles. The van der Waals surface area contributed by atoms with E-state index in [1.807, 2.05) is 17.2 Å². The minimum Gasteiger partial charge on any atom is -0.389 e. The molecule has 2 heterocycles. The summed E-state index contributed by atoms with van der Waals surface area (Å²) in [5.74, 6) is 1.29. The van der Waals surface area contributed by atoms with E-state index in [0.717, 1.165) is 38.2 Å². The maximum absolute atomic E-state index is 12.3. The van der Waals surface area contributed by atoms with Gasteiger partial charge in [0.25, 0.3) is 0 Å². The Kier molecular flexibility index (Phi) is 5.85. The number of aliphatic hydroxyl groups is 1. The molecule has 0 spiro atoms. The van der Waals surface area contributed by atoms with Crippen LogP contribution in [0.25, 0.3) is 0 Å². The van der Waals surface area contributed by atoms with Crippen molar-refractivity contribution >= 4 is 17.7 Å². The van der Waals surface area contributed by atoms with Crippen molar-refractivity contribution in [3.63, 3.8) is 0 Å². The third-order valence-corrected chi connectivity index (χ3v) is 6.09. The first-order valence-electron chi connectivity index (χ1n) is 8.86. The van der Waals surface area contributed by atoms with Gasteiger partial charge in [0.05, 0.1) is 5.60 Å². The summed E-state index contributed by atoms with van der Waals surface area (Å²) in [7, 11) is 0. The second kappa shape index (κ2) is 7.89. The number of thioether (sulfide) groups is 1. The van der Waals surface area contributed by atoms with Crippen molar-refractivity contribution in [3.05, 3.63) is 35.9 Å². The third-order valence-electron chi connectivity index (χ3n) is 5.48. The molecule has 1 aromatic rings. The van der Waals surface area contributed by atoms with E-state index >= 15 is 0 Å². The average Bonchev–Trinajstić information content (AvgIpc) is 2.60. The number of fused-ring (bicyclic) bond motifs is 1. The summed E-state index contributed by atoms with van der Waals surface area (Å²) >= 11 is 1.71. The van der Waals surface area contributed by atoms with Crippen LogP contribution in [0.1, 0.15) is 24.8 Å². The highest BCUT2D eigenvalue weighted by molar-refractivity contribution is 7.98. The van der Waals surface area contributed by atoms with Crippen molar-refractivity contribution in [2.45, 2.75) is 31.4 Å². The molecule has 0 bridgehead atoms. The van der Waals surface area contributed by atoms with Crippen molar-refractivity contribution in [2.75, 3.05) is 38.2 Å². The summed E-state index contributed by atoms with van der Waals surface area (Å²) in [6, 6.07) is 10.5. The van der Waals surface area contributed by atoms with E-state index in [2.05, 4.69) is 29.2 Å². The monoisotopic (exact) mass is 348 g/mol. The van der Waals surface area contributed by atoms with Crippen LogP contribution in [0.2, 0.25) is 0 Å². The summed E-state index contributed by atoms with van der Waals surface area (Å²) in [4.78, 5) is 16.7. The molecule has 2 saturated heterocycles. The Bertz CT molecular complexity index is 554. The van der Waals surface area contributed by atoms with Crippen LogP contribution < -0.4 is 0 Å². The lowest BCUT2D eigenvalue weighted by molar-refractivity contribution is -0.146. The van der Waals surface area contributed by atoms with Crippen LogP contribution in [0.15, 0.2) is 30.3 Å². The first-order valence-corrected chi connectivity index (χ1v) is 10.3. The first kappa shape index (κ1) is 17.8. The number of hydrogen-bond donors (Lipinski definition) is 1. The van der Waals surface area contributed by atoms with Gasteiger partial charge in [-0.3, -0.25) is 9.69 Å². The van der Waals surface area contributed by atoms with Crippen molar-refractivity contribution in [2.24, 2.45) is 5.92 Å². The van der Waals surface area contributed by atoms with Gasteiger partial charge in [-0.15, -0.1) is 0 Å². The molecule has 5 heteroatoms. The van der Waals surface area contributed by atoms with Crippen molar-refractivity contribution < 1.29 is 9.90 Å². The number of amides is 1. The SMILES string of the molecule is CSCCC(=O)N1CC[C@@]2(O)CCN(Cc3ccccc3)C[C@H]2C1. The van der Waals surface area contributed by atoms with Crippen LogP contribution >= 0.6 is 11.8 Å². The molecule has 4 nitrogen and oxygen atoms in total. The van der Waals surface area contributed by atoms with Gasteiger partial charge in [-0.05, 0) is 24.7 Å². The number of rotatable bonds is 5. The van der Waals surface area contributed by atoms with E-state index in [1.165, 1.54) is 5.56 Å². The van der Waals surface area contributed by atoms with Gasteiger partial charge in [0, 0.05) is 50.8 Å². The van der Waals surface area contributed by atoms with Crippen LogP contribution in [-0.4, -0.2) is 64.6 Å². The smallest absolute Gasteiger partial charge is 0.223 e. The second-order valence-corrected chi connectivity index (χ2v) is 8.09. The molecule has 0 aliphatic carbocycles. The molecule has 2 atom stereocenters. The molecule has 1 amide bonds. The number of carbonyl (C=O) groups is 1. The largest absolute Gasteiger partial charge is 0.389 e. The molecule has 0 unspecified atom stereocenters. The van der Waals surface area contributed by atoms with Gasteiger partial charge in [-0.2, -0.15) is 11.8 Å². The topological polar surface area (TPSA) is 43.8 Å². The van der Waals surface area contributed by atoms with E-state index in [-0.39, 0.29) is 11.8 Å². The summed E-state index contributed by atoms with van der Waals surface area (Å²) < 4.78 is 0. The number of nitrogens with zero attached hydrogens (tertiary/aromatic N) is 2. The number of likely N-dealkylation sites (tertiary alicyclic amines) is 2. The minimum atomic E-state index is -0.580. The van der Waals surface area contributed by atoms with Gasteiger partial charge in [0.1, 0.15) is 0 Å². The summed E-state index contributed by atoms with van der Waals surface area (Å²) in [6.45, 7) is 4.14. The molecule has 0 radical (unpaired) electrons. The highest BCUT2D eigenvalue weighted by Crippen LogP contribution is 2.36. The fourth-order valence-electron chi connectivity index (χ4n) is 3.93.